The Hall–Kier alpha value is -2.04. The van der Waals surface area contributed by atoms with E-state index in [1.54, 1.807) is 0 Å². The third kappa shape index (κ3) is 3.21. The highest BCUT2D eigenvalue weighted by molar-refractivity contribution is 5.91. The van der Waals surface area contributed by atoms with E-state index in [1.807, 2.05) is 30.3 Å². The van der Waals surface area contributed by atoms with Crippen molar-refractivity contribution in [2.75, 3.05) is 25.0 Å². The van der Waals surface area contributed by atoms with Gasteiger partial charge in [-0.1, -0.05) is 18.2 Å². The summed E-state index contributed by atoms with van der Waals surface area (Å²) in [7, 11) is 0. The van der Waals surface area contributed by atoms with Gasteiger partial charge >= 0.3 is 6.09 Å². The molecule has 0 spiro atoms. The molecule has 1 saturated heterocycles. The fourth-order valence-electron chi connectivity index (χ4n) is 1.61. The van der Waals surface area contributed by atoms with Crippen LogP contribution in [0.1, 0.15) is 6.42 Å². The normalized spacial score (nSPS) is 14.6. The third-order valence-corrected chi connectivity index (χ3v) is 2.51. The third-order valence-electron chi connectivity index (χ3n) is 2.51. The summed E-state index contributed by atoms with van der Waals surface area (Å²) < 4.78 is 4.77. The number of nitrogens with zero attached hydrogens (tertiary/aromatic N) is 1. The van der Waals surface area contributed by atoms with Crippen molar-refractivity contribution in [3.63, 3.8) is 0 Å². The van der Waals surface area contributed by atoms with Gasteiger partial charge in [0.1, 0.15) is 6.61 Å². The Kier molecular flexibility index (Phi) is 3.59. The average Bonchev–Trinajstić information content (AvgIpc) is 2.74. The SMILES string of the molecule is O=C(CCN1CCOC1=O)Nc1ccccc1. The highest BCUT2D eigenvalue weighted by Crippen LogP contribution is 2.07. The summed E-state index contributed by atoms with van der Waals surface area (Å²) in [5.74, 6) is -0.101. The zero-order chi connectivity index (χ0) is 12.1. The van der Waals surface area contributed by atoms with E-state index in [2.05, 4.69) is 5.32 Å². The van der Waals surface area contributed by atoms with Gasteiger partial charge in [0, 0.05) is 18.7 Å². The van der Waals surface area contributed by atoms with Gasteiger partial charge in [-0.05, 0) is 12.1 Å². The van der Waals surface area contributed by atoms with Gasteiger partial charge in [-0.25, -0.2) is 4.79 Å². The van der Waals surface area contributed by atoms with Crippen LogP contribution in [0, 0.1) is 0 Å². The van der Waals surface area contributed by atoms with Crippen LogP contribution in [0.25, 0.3) is 0 Å². The van der Waals surface area contributed by atoms with Crippen molar-refractivity contribution < 1.29 is 14.3 Å². The first-order chi connectivity index (χ1) is 8.25. The molecule has 0 unspecified atom stereocenters. The summed E-state index contributed by atoms with van der Waals surface area (Å²) in [6.07, 6.45) is -0.0539. The number of hydrogen-bond acceptors (Lipinski definition) is 3. The van der Waals surface area contributed by atoms with Gasteiger partial charge in [0.05, 0.1) is 6.54 Å². The van der Waals surface area contributed by atoms with E-state index in [1.165, 1.54) is 4.90 Å². The summed E-state index contributed by atoms with van der Waals surface area (Å²) in [5, 5.41) is 2.76. The number of benzene rings is 1. The molecule has 5 nitrogen and oxygen atoms in total. The summed E-state index contributed by atoms with van der Waals surface area (Å²) in [6.45, 7) is 1.38. The van der Waals surface area contributed by atoms with Crippen molar-refractivity contribution in [1.29, 1.82) is 0 Å². The molecule has 1 aromatic rings. The highest BCUT2D eigenvalue weighted by Gasteiger charge is 2.21. The van der Waals surface area contributed by atoms with Crippen molar-refractivity contribution in [3.8, 4) is 0 Å². The van der Waals surface area contributed by atoms with Crippen LogP contribution in [0.4, 0.5) is 10.5 Å². The molecule has 0 aromatic heterocycles. The molecule has 2 amide bonds. The summed E-state index contributed by atoms with van der Waals surface area (Å²) in [5.41, 5.74) is 0.765. The number of nitrogens with one attached hydrogen (secondary N) is 1. The second kappa shape index (κ2) is 5.34. The zero-order valence-corrected chi connectivity index (χ0v) is 9.39. The first-order valence-corrected chi connectivity index (χ1v) is 5.52. The van der Waals surface area contributed by atoms with Gasteiger partial charge in [-0.2, -0.15) is 0 Å². The van der Waals surface area contributed by atoms with Crippen molar-refractivity contribution in [2.24, 2.45) is 0 Å². The lowest BCUT2D eigenvalue weighted by molar-refractivity contribution is -0.116. The van der Waals surface area contributed by atoms with E-state index < -0.39 is 0 Å². The van der Waals surface area contributed by atoms with Crippen molar-refractivity contribution in [2.45, 2.75) is 6.42 Å². The van der Waals surface area contributed by atoms with Crippen LogP contribution in [-0.2, 0) is 9.53 Å². The summed E-state index contributed by atoms with van der Waals surface area (Å²) in [4.78, 5) is 24.2. The molecule has 0 saturated carbocycles. The first kappa shape index (κ1) is 11.4. The molecule has 2 rings (SSSR count). The van der Waals surface area contributed by atoms with E-state index in [9.17, 15) is 9.59 Å². The van der Waals surface area contributed by atoms with Gasteiger partial charge in [0.2, 0.25) is 5.91 Å². The summed E-state index contributed by atoms with van der Waals surface area (Å²) in [6, 6.07) is 9.24. The van der Waals surface area contributed by atoms with Crippen LogP contribution < -0.4 is 5.32 Å². The number of cyclic esters (lactones) is 1. The molecule has 1 N–H and O–H groups in total. The maximum absolute atomic E-state index is 11.6. The Balaban J connectivity index is 1.76. The highest BCUT2D eigenvalue weighted by atomic mass is 16.6. The molecule has 90 valence electrons. The van der Waals surface area contributed by atoms with Gasteiger partial charge in [0.25, 0.3) is 0 Å². The molecule has 1 fully saturated rings. The Morgan fingerprint density at radius 2 is 2.12 bits per heavy atom. The number of ether oxygens (including phenoxy) is 1. The number of hydrogen-bond donors (Lipinski definition) is 1. The number of anilines is 1. The lowest BCUT2D eigenvalue weighted by Gasteiger charge is -2.11. The Morgan fingerprint density at radius 3 is 2.76 bits per heavy atom. The molecular formula is C12H14N2O3. The minimum absolute atomic E-state index is 0.101. The zero-order valence-electron chi connectivity index (χ0n) is 9.39. The predicted molar refractivity (Wildman–Crippen MR) is 62.6 cm³/mol. The second-order valence-electron chi connectivity index (χ2n) is 3.77. The molecule has 0 atom stereocenters. The molecule has 17 heavy (non-hydrogen) atoms. The van der Waals surface area contributed by atoms with Gasteiger partial charge in [-0.3, -0.25) is 4.79 Å². The lowest BCUT2D eigenvalue weighted by Crippen LogP contribution is -2.28. The molecule has 1 aromatic carbocycles. The fourth-order valence-corrected chi connectivity index (χ4v) is 1.61. The maximum Gasteiger partial charge on any atom is 0.409 e. The Labute approximate surface area is 99.4 Å². The van der Waals surface area contributed by atoms with Crippen LogP contribution >= 0.6 is 0 Å². The fraction of sp³-hybridized carbons (Fsp3) is 0.333. The number of amides is 2. The van der Waals surface area contributed by atoms with Gasteiger partial charge in [-0.15, -0.1) is 0 Å². The monoisotopic (exact) mass is 234 g/mol. The van der Waals surface area contributed by atoms with Crippen LogP contribution in [0.15, 0.2) is 30.3 Å². The number of rotatable bonds is 4. The molecule has 5 heteroatoms. The molecule has 0 radical (unpaired) electrons. The predicted octanol–water partition coefficient (Wildman–Crippen LogP) is 1.47. The number of carbonyl (C=O) groups excluding carboxylic acids is 2. The minimum Gasteiger partial charge on any atom is -0.448 e. The topological polar surface area (TPSA) is 58.6 Å². The van der Waals surface area contributed by atoms with Crippen LogP contribution in [0.5, 0.6) is 0 Å². The van der Waals surface area contributed by atoms with Crippen LogP contribution in [0.2, 0.25) is 0 Å². The number of carbonyl (C=O) groups is 2. The lowest BCUT2D eigenvalue weighted by atomic mass is 10.3. The molecule has 0 bridgehead atoms. The molecule has 1 heterocycles. The van der Waals surface area contributed by atoms with Crippen LogP contribution in [-0.4, -0.2) is 36.6 Å². The first-order valence-electron chi connectivity index (χ1n) is 5.52. The largest absolute Gasteiger partial charge is 0.448 e. The van der Waals surface area contributed by atoms with E-state index in [4.69, 9.17) is 4.74 Å². The molecule has 1 aliphatic heterocycles. The molecule has 0 aliphatic carbocycles. The second-order valence-corrected chi connectivity index (χ2v) is 3.77. The smallest absolute Gasteiger partial charge is 0.409 e. The number of para-hydroxylation sites is 1. The minimum atomic E-state index is -0.336. The quantitative estimate of drug-likeness (QED) is 0.858. The van der Waals surface area contributed by atoms with Crippen LogP contribution in [0.3, 0.4) is 0 Å². The Morgan fingerprint density at radius 1 is 1.35 bits per heavy atom. The Bertz CT molecular complexity index is 405. The standard InChI is InChI=1S/C12H14N2O3/c15-11(13-10-4-2-1-3-5-10)6-7-14-8-9-17-12(14)16/h1-5H,6-9H2,(H,13,15). The average molecular weight is 234 g/mol. The molecule has 1 aliphatic rings. The van der Waals surface area contributed by atoms with Crippen molar-refractivity contribution in [1.82, 2.24) is 4.90 Å². The molecular weight excluding hydrogens is 220 g/mol. The van der Waals surface area contributed by atoms with Crippen molar-refractivity contribution >= 4 is 17.7 Å². The van der Waals surface area contributed by atoms with E-state index in [0.29, 0.717) is 19.7 Å². The van der Waals surface area contributed by atoms with E-state index in [0.717, 1.165) is 5.69 Å². The maximum atomic E-state index is 11.6. The van der Waals surface area contributed by atoms with Crippen molar-refractivity contribution in [3.05, 3.63) is 30.3 Å². The van der Waals surface area contributed by atoms with Gasteiger partial charge in [0.15, 0.2) is 0 Å². The van der Waals surface area contributed by atoms with E-state index in [-0.39, 0.29) is 18.4 Å². The summed E-state index contributed by atoms with van der Waals surface area (Å²) >= 11 is 0. The van der Waals surface area contributed by atoms with E-state index >= 15 is 0 Å². The van der Waals surface area contributed by atoms with Gasteiger partial charge < -0.3 is 15.0 Å².